The van der Waals surface area contributed by atoms with Crippen molar-refractivity contribution < 1.29 is 8.42 Å². The number of aromatic nitrogens is 2. The molecule has 0 N–H and O–H groups in total. The van der Waals surface area contributed by atoms with E-state index in [4.69, 9.17) is 0 Å². The number of sulfone groups is 1. The molecular weight excluding hydrogens is 280 g/mol. The number of hydrogen-bond donors (Lipinski definition) is 0. The molecule has 4 nitrogen and oxygen atoms in total. The first-order valence-corrected chi connectivity index (χ1v) is 8.89. The standard InChI is InChI=1S/C13H16N2O2S2/c1-3-19(16,17)9-8-18-13-11-6-4-5-7-12(11)14-10(2)15-13/h4-7H,3,8-9H2,1-2H3. The normalized spacial score (nSPS) is 11.9. The van der Waals surface area contributed by atoms with E-state index in [1.807, 2.05) is 31.2 Å². The van der Waals surface area contributed by atoms with Crippen molar-refractivity contribution in [3.63, 3.8) is 0 Å². The summed E-state index contributed by atoms with van der Waals surface area (Å²) in [7, 11) is -2.92. The number of rotatable bonds is 5. The van der Waals surface area contributed by atoms with Gasteiger partial charge in [0.05, 0.1) is 11.3 Å². The summed E-state index contributed by atoms with van der Waals surface area (Å²) in [5.74, 6) is 1.61. The fraction of sp³-hybridized carbons (Fsp3) is 0.385. The quantitative estimate of drug-likeness (QED) is 0.626. The first-order chi connectivity index (χ1) is 9.02. The summed E-state index contributed by atoms with van der Waals surface area (Å²) in [5, 5.41) is 1.83. The third kappa shape index (κ3) is 3.67. The van der Waals surface area contributed by atoms with Crippen LogP contribution in [-0.4, -0.2) is 35.6 Å². The molecule has 0 unspecified atom stereocenters. The van der Waals surface area contributed by atoms with E-state index in [1.165, 1.54) is 11.8 Å². The molecule has 2 aromatic rings. The molecule has 0 spiro atoms. The molecule has 0 aliphatic heterocycles. The topological polar surface area (TPSA) is 59.9 Å². The van der Waals surface area contributed by atoms with Crippen LogP contribution in [0.1, 0.15) is 12.7 Å². The second-order valence-electron chi connectivity index (χ2n) is 4.18. The minimum Gasteiger partial charge on any atom is -0.233 e. The molecule has 1 aromatic carbocycles. The summed E-state index contributed by atoms with van der Waals surface area (Å²) >= 11 is 1.48. The fourth-order valence-electron chi connectivity index (χ4n) is 1.68. The fourth-order valence-corrected chi connectivity index (χ4v) is 4.03. The minimum atomic E-state index is -2.92. The van der Waals surface area contributed by atoms with Gasteiger partial charge in [0.25, 0.3) is 0 Å². The highest BCUT2D eigenvalue weighted by Crippen LogP contribution is 2.25. The highest BCUT2D eigenvalue weighted by molar-refractivity contribution is 8.00. The van der Waals surface area contributed by atoms with E-state index in [0.717, 1.165) is 15.9 Å². The van der Waals surface area contributed by atoms with E-state index in [-0.39, 0.29) is 11.5 Å². The zero-order valence-electron chi connectivity index (χ0n) is 11.0. The van der Waals surface area contributed by atoms with Crippen LogP contribution in [0.5, 0.6) is 0 Å². The number of thioether (sulfide) groups is 1. The van der Waals surface area contributed by atoms with Gasteiger partial charge in [-0.3, -0.25) is 0 Å². The average molecular weight is 296 g/mol. The summed E-state index contributed by atoms with van der Waals surface area (Å²) in [6.07, 6.45) is 0. The van der Waals surface area contributed by atoms with Gasteiger partial charge in [-0.25, -0.2) is 18.4 Å². The predicted molar refractivity (Wildman–Crippen MR) is 79.3 cm³/mol. The molecule has 6 heteroatoms. The van der Waals surface area contributed by atoms with Crippen molar-refractivity contribution >= 4 is 32.5 Å². The molecule has 0 atom stereocenters. The maximum Gasteiger partial charge on any atom is 0.150 e. The Morgan fingerprint density at radius 2 is 1.95 bits per heavy atom. The molecule has 1 aromatic heterocycles. The zero-order chi connectivity index (χ0) is 13.9. The molecule has 19 heavy (non-hydrogen) atoms. The van der Waals surface area contributed by atoms with Crippen LogP contribution in [0.4, 0.5) is 0 Å². The van der Waals surface area contributed by atoms with Crippen LogP contribution >= 0.6 is 11.8 Å². The van der Waals surface area contributed by atoms with Crippen LogP contribution in [0.2, 0.25) is 0 Å². The van der Waals surface area contributed by atoms with Crippen molar-refractivity contribution in [3.8, 4) is 0 Å². The largest absolute Gasteiger partial charge is 0.233 e. The van der Waals surface area contributed by atoms with Crippen LogP contribution in [0, 0.1) is 6.92 Å². The maximum atomic E-state index is 11.5. The maximum absolute atomic E-state index is 11.5. The van der Waals surface area contributed by atoms with Gasteiger partial charge >= 0.3 is 0 Å². The molecular formula is C13H16N2O2S2. The summed E-state index contributed by atoms with van der Waals surface area (Å²) in [6.45, 7) is 3.52. The zero-order valence-corrected chi connectivity index (χ0v) is 12.6. The van der Waals surface area contributed by atoms with E-state index in [2.05, 4.69) is 9.97 Å². The third-order valence-corrected chi connectivity index (χ3v) is 5.71. The number of fused-ring (bicyclic) bond motifs is 1. The second kappa shape index (κ2) is 5.88. The molecule has 0 aliphatic carbocycles. The minimum absolute atomic E-state index is 0.186. The molecule has 0 aliphatic rings. The van der Waals surface area contributed by atoms with E-state index >= 15 is 0 Å². The Morgan fingerprint density at radius 3 is 2.68 bits per heavy atom. The van der Waals surface area contributed by atoms with E-state index in [1.54, 1.807) is 6.92 Å². The SMILES string of the molecule is CCS(=O)(=O)CCSc1nc(C)nc2ccccc12. The van der Waals surface area contributed by atoms with Crippen LogP contribution < -0.4 is 0 Å². The van der Waals surface area contributed by atoms with Crippen molar-refractivity contribution in [1.29, 1.82) is 0 Å². The Kier molecular flexibility index (Phi) is 4.42. The first-order valence-electron chi connectivity index (χ1n) is 6.08. The Morgan fingerprint density at radius 1 is 1.21 bits per heavy atom. The molecule has 0 fully saturated rings. The van der Waals surface area contributed by atoms with Gasteiger partial charge in [-0.2, -0.15) is 0 Å². The lowest BCUT2D eigenvalue weighted by Gasteiger charge is -2.06. The highest BCUT2D eigenvalue weighted by atomic mass is 32.2. The van der Waals surface area contributed by atoms with Gasteiger partial charge in [0, 0.05) is 16.9 Å². The van der Waals surface area contributed by atoms with Gasteiger partial charge in [0.1, 0.15) is 10.9 Å². The lowest BCUT2D eigenvalue weighted by molar-refractivity contribution is 0.599. The molecule has 0 saturated carbocycles. The van der Waals surface area contributed by atoms with Gasteiger partial charge in [-0.15, -0.1) is 11.8 Å². The molecule has 2 rings (SSSR count). The van der Waals surface area contributed by atoms with Crippen molar-refractivity contribution in [3.05, 3.63) is 30.1 Å². The summed E-state index contributed by atoms with van der Waals surface area (Å²) in [5.41, 5.74) is 0.899. The molecule has 0 bridgehead atoms. The molecule has 0 amide bonds. The average Bonchev–Trinajstić information content (AvgIpc) is 2.38. The molecule has 0 saturated heterocycles. The molecule has 0 radical (unpaired) electrons. The Balaban J connectivity index is 2.21. The highest BCUT2D eigenvalue weighted by Gasteiger charge is 2.10. The Hall–Kier alpha value is -1.14. The number of hydrogen-bond acceptors (Lipinski definition) is 5. The van der Waals surface area contributed by atoms with Crippen LogP contribution in [0.15, 0.2) is 29.3 Å². The van der Waals surface area contributed by atoms with Crippen LogP contribution in [-0.2, 0) is 9.84 Å². The summed E-state index contributed by atoms with van der Waals surface area (Å²) in [4.78, 5) is 8.77. The van der Waals surface area contributed by atoms with Crippen LogP contribution in [0.25, 0.3) is 10.9 Å². The van der Waals surface area contributed by atoms with Crippen molar-refractivity contribution in [2.75, 3.05) is 17.3 Å². The molecule has 1 heterocycles. The van der Waals surface area contributed by atoms with Crippen molar-refractivity contribution in [2.45, 2.75) is 18.9 Å². The Bertz CT molecular complexity index is 684. The van der Waals surface area contributed by atoms with Gasteiger partial charge in [-0.1, -0.05) is 25.1 Å². The number of nitrogens with zero attached hydrogens (tertiary/aromatic N) is 2. The number of benzene rings is 1. The van der Waals surface area contributed by atoms with E-state index in [9.17, 15) is 8.42 Å². The summed E-state index contributed by atoms with van der Waals surface area (Å²) in [6, 6.07) is 7.78. The van der Waals surface area contributed by atoms with Gasteiger partial charge in [0.2, 0.25) is 0 Å². The Labute approximate surface area is 117 Å². The number of aryl methyl sites for hydroxylation is 1. The lowest BCUT2D eigenvalue weighted by Crippen LogP contribution is -2.10. The first kappa shape index (κ1) is 14.3. The van der Waals surface area contributed by atoms with E-state index < -0.39 is 9.84 Å². The smallest absolute Gasteiger partial charge is 0.150 e. The van der Waals surface area contributed by atoms with Gasteiger partial charge in [-0.05, 0) is 13.0 Å². The van der Waals surface area contributed by atoms with E-state index in [0.29, 0.717) is 11.6 Å². The summed E-state index contributed by atoms with van der Waals surface area (Å²) < 4.78 is 22.9. The van der Waals surface area contributed by atoms with Crippen LogP contribution in [0.3, 0.4) is 0 Å². The second-order valence-corrected chi connectivity index (χ2v) is 7.73. The van der Waals surface area contributed by atoms with Crippen molar-refractivity contribution in [2.24, 2.45) is 0 Å². The third-order valence-electron chi connectivity index (χ3n) is 2.75. The number of para-hydroxylation sites is 1. The lowest BCUT2D eigenvalue weighted by atomic mass is 10.2. The monoisotopic (exact) mass is 296 g/mol. The van der Waals surface area contributed by atoms with Gasteiger partial charge < -0.3 is 0 Å². The predicted octanol–water partition coefficient (Wildman–Crippen LogP) is 2.47. The van der Waals surface area contributed by atoms with Gasteiger partial charge in [0.15, 0.2) is 9.84 Å². The molecule has 102 valence electrons. The van der Waals surface area contributed by atoms with Crippen molar-refractivity contribution in [1.82, 2.24) is 9.97 Å².